The molecule has 2 fully saturated rings. The number of hydrogen-bond donors (Lipinski definition) is 1. The Morgan fingerprint density at radius 3 is 2.55 bits per heavy atom. The standard InChI is InChI=1S/C24H32N2O5/c1-14-7-8-16(3)18(9-14)20(28)17(4)31-19(27)12-26-21(29)24(25-22(26)30)11-15(2)10-23(5,6)13-24/h7-9,15,17H,10-13H2,1-6H3,(H,25,30)/t15-,17+,24+/m0/s1. The normalized spacial score (nSPS) is 26.0. The molecule has 0 aromatic heterocycles. The number of urea groups is 1. The summed E-state index contributed by atoms with van der Waals surface area (Å²) in [6.07, 6.45) is 1.03. The third-order valence-corrected chi connectivity index (χ3v) is 6.25. The Hall–Kier alpha value is -2.70. The zero-order chi connectivity index (χ0) is 23.1. The number of nitrogens with zero attached hydrogens (tertiary/aromatic N) is 1. The highest BCUT2D eigenvalue weighted by Crippen LogP contribution is 2.46. The molecule has 1 aliphatic carbocycles. The van der Waals surface area contributed by atoms with Gasteiger partial charge in [0.15, 0.2) is 6.10 Å². The van der Waals surface area contributed by atoms with E-state index in [1.54, 1.807) is 6.07 Å². The Balaban J connectivity index is 1.68. The van der Waals surface area contributed by atoms with Gasteiger partial charge in [0.05, 0.1) is 0 Å². The number of nitrogens with one attached hydrogen (secondary N) is 1. The maximum atomic E-state index is 13.2. The molecular formula is C24H32N2O5. The molecule has 7 heteroatoms. The van der Waals surface area contributed by atoms with E-state index in [0.29, 0.717) is 18.4 Å². The number of imide groups is 1. The summed E-state index contributed by atoms with van der Waals surface area (Å²) >= 11 is 0. The van der Waals surface area contributed by atoms with Gasteiger partial charge in [-0.3, -0.25) is 19.3 Å². The van der Waals surface area contributed by atoms with Crippen molar-refractivity contribution >= 4 is 23.7 Å². The van der Waals surface area contributed by atoms with E-state index in [2.05, 4.69) is 26.1 Å². The Labute approximate surface area is 183 Å². The number of carbonyl (C=O) groups excluding carboxylic acids is 4. The third-order valence-electron chi connectivity index (χ3n) is 6.25. The molecule has 1 saturated carbocycles. The summed E-state index contributed by atoms with van der Waals surface area (Å²) in [5.41, 5.74) is 1.15. The van der Waals surface area contributed by atoms with Crippen molar-refractivity contribution in [2.45, 2.75) is 72.4 Å². The molecule has 31 heavy (non-hydrogen) atoms. The number of benzene rings is 1. The second-order valence-corrected chi connectivity index (χ2v) is 10.1. The number of Topliss-reactive ketones (excluding diaryl/α,β-unsaturated/α-hetero) is 1. The minimum atomic E-state index is -1.02. The van der Waals surface area contributed by atoms with Crippen molar-refractivity contribution in [3.63, 3.8) is 0 Å². The van der Waals surface area contributed by atoms with Crippen molar-refractivity contribution in [3.8, 4) is 0 Å². The average molecular weight is 429 g/mol. The zero-order valence-electron chi connectivity index (χ0n) is 19.2. The van der Waals surface area contributed by atoms with E-state index >= 15 is 0 Å². The molecule has 1 aliphatic heterocycles. The summed E-state index contributed by atoms with van der Waals surface area (Å²) in [6.45, 7) is 10.9. The van der Waals surface area contributed by atoms with Crippen LogP contribution in [0.3, 0.4) is 0 Å². The van der Waals surface area contributed by atoms with Crippen LogP contribution in [-0.2, 0) is 14.3 Å². The van der Waals surface area contributed by atoms with E-state index in [0.717, 1.165) is 22.4 Å². The van der Waals surface area contributed by atoms with Crippen LogP contribution in [0.4, 0.5) is 4.79 Å². The van der Waals surface area contributed by atoms with Gasteiger partial charge in [-0.2, -0.15) is 0 Å². The summed E-state index contributed by atoms with van der Waals surface area (Å²) in [5.74, 6) is -1.21. The fourth-order valence-electron chi connectivity index (χ4n) is 5.29. The second kappa shape index (κ2) is 8.09. The van der Waals surface area contributed by atoms with E-state index in [1.807, 2.05) is 26.0 Å². The number of ketones is 1. The van der Waals surface area contributed by atoms with Gasteiger partial charge in [-0.1, -0.05) is 38.5 Å². The van der Waals surface area contributed by atoms with Crippen LogP contribution in [0.1, 0.15) is 68.4 Å². The van der Waals surface area contributed by atoms with Crippen molar-refractivity contribution in [3.05, 3.63) is 34.9 Å². The predicted octanol–water partition coefficient (Wildman–Crippen LogP) is 3.55. The summed E-state index contributed by atoms with van der Waals surface area (Å²) in [4.78, 5) is 51.9. The molecule has 7 nitrogen and oxygen atoms in total. The lowest BCUT2D eigenvalue weighted by Crippen LogP contribution is -2.54. The first-order valence-corrected chi connectivity index (χ1v) is 10.8. The molecule has 1 saturated heterocycles. The Morgan fingerprint density at radius 1 is 1.23 bits per heavy atom. The molecule has 1 aromatic rings. The van der Waals surface area contributed by atoms with Gasteiger partial charge in [0.25, 0.3) is 5.91 Å². The highest BCUT2D eigenvalue weighted by molar-refractivity contribution is 6.09. The molecule has 2 aliphatic rings. The van der Waals surface area contributed by atoms with Crippen molar-refractivity contribution in [2.24, 2.45) is 11.3 Å². The SMILES string of the molecule is Cc1ccc(C)c(C(=O)[C@@H](C)OC(=O)CN2C(=O)N[C@@]3(C[C@@H](C)CC(C)(C)C3)C2=O)c1. The Bertz CT molecular complexity index is 938. The van der Waals surface area contributed by atoms with Crippen LogP contribution in [0.15, 0.2) is 18.2 Å². The molecular weight excluding hydrogens is 396 g/mol. The lowest BCUT2D eigenvalue weighted by Gasteiger charge is -2.43. The van der Waals surface area contributed by atoms with Crippen LogP contribution < -0.4 is 5.32 Å². The lowest BCUT2D eigenvalue weighted by atomic mass is 9.64. The Kier molecular flexibility index (Phi) is 6.00. The Morgan fingerprint density at radius 2 is 1.90 bits per heavy atom. The van der Waals surface area contributed by atoms with E-state index in [4.69, 9.17) is 4.74 Å². The van der Waals surface area contributed by atoms with E-state index in [1.165, 1.54) is 6.92 Å². The summed E-state index contributed by atoms with van der Waals surface area (Å²) in [6, 6.07) is 4.93. The van der Waals surface area contributed by atoms with Gasteiger partial charge in [-0.25, -0.2) is 4.79 Å². The average Bonchev–Trinajstić information content (AvgIpc) is 2.84. The van der Waals surface area contributed by atoms with Gasteiger partial charge in [0.1, 0.15) is 12.1 Å². The highest BCUT2D eigenvalue weighted by Gasteiger charge is 2.56. The minimum absolute atomic E-state index is 0.0935. The molecule has 168 valence electrons. The fraction of sp³-hybridized carbons (Fsp3) is 0.583. The molecule has 3 rings (SSSR count). The van der Waals surface area contributed by atoms with Crippen molar-refractivity contribution in [1.82, 2.24) is 10.2 Å². The van der Waals surface area contributed by atoms with E-state index in [9.17, 15) is 19.2 Å². The maximum Gasteiger partial charge on any atom is 0.326 e. The maximum absolute atomic E-state index is 13.2. The van der Waals surface area contributed by atoms with Gasteiger partial charge in [0, 0.05) is 5.56 Å². The number of hydrogen-bond acceptors (Lipinski definition) is 5. The molecule has 0 bridgehead atoms. The fourth-order valence-corrected chi connectivity index (χ4v) is 5.29. The quantitative estimate of drug-likeness (QED) is 0.440. The topological polar surface area (TPSA) is 92.8 Å². The van der Waals surface area contributed by atoms with Crippen LogP contribution in [0.25, 0.3) is 0 Å². The van der Waals surface area contributed by atoms with Crippen LogP contribution in [0.2, 0.25) is 0 Å². The smallest absolute Gasteiger partial charge is 0.326 e. The van der Waals surface area contributed by atoms with Gasteiger partial charge in [-0.15, -0.1) is 0 Å². The van der Waals surface area contributed by atoms with Crippen molar-refractivity contribution in [1.29, 1.82) is 0 Å². The number of aryl methyl sites for hydroxylation is 2. The molecule has 1 spiro atoms. The molecule has 3 atom stereocenters. The van der Waals surface area contributed by atoms with Gasteiger partial charge in [0.2, 0.25) is 5.78 Å². The summed E-state index contributed by atoms with van der Waals surface area (Å²) < 4.78 is 5.30. The van der Waals surface area contributed by atoms with E-state index in [-0.39, 0.29) is 23.0 Å². The highest BCUT2D eigenvalue weighted by atomic mass is 16.5. The summed E-state index contributed by atoms with van der Waals surface area (Å²) in [5, 5.41) is 2.84. The van der Waals surface area contributed by atoms with Gasteiger partial charge in [-0.05, 0) is 63.0 Å². The molecule has 3 amide bonds. The predicted molar refractivity (Wildman–Crippen MR) is 116 cm³/mol. The number of carbonyl (C=O) groups is 4. The first-order chi connectivity index (χ1) is 14.3. The number of ether oxygens (including phenoxy) is 1. The molecule has 1 N–H and O–H groups in total. The van der Waals surface area contributed by atoms with Crippen LogP contribution >= 0.6 is 0 Å². The van der Waals surface area contributed by atoms with Crippen molar-refractivity contribution < 1.29 is 23.9 Å². The first-order valence-electron chi connectivity index (χ1n) is 10.8. The van der Waals surface area contributed by atoms with Crippen LogP contribution in [0.5, 0.6) is 0 Å². The number of rotatable bonds is 5. The van der Waals surface area contributed by atoms with E-state index < -0.39 is 30.2 Å². The molecule has 0 radical (unpaired) electrons. The zero-order valence-corrected chi connectivity index (χ0v) is 19.2. The summed E-state index contributed by atoms with van der Waals surface area (Å²) in [7, 11) is 0. The van der Waals surface area contributed by atoms with Gasteiger partial charge >= 0.3 is 12.0 Å². The van der Waals surface area contributed by atoms with Crippen LogP contribution in [0, 0.1) is 25.2 Å². The largest absolute Gasteiger partial charge is 0.453 e. The lowest BCUT2D eigenvalue weighted by molar-refractivity contribution is -0.150. The number of amides is 3. The molecule has 0 unspecified atom stereocenters. The van der Waals surface area contributed by atoms with Gasteiger partial charge < -0.3 is 10.1 Å². The number of esters is 1. The van der Waals surface area contributed by atoms with Crippen molar-refractivity contribution in [2.75, 3.05) is 6.54 Å². The molecule has 1 heterocycles. The van der Waals surface area contributed by atoms with Crippen LogP contribution in [-0.4, -0.2) is 46.8 Å². The second-order valence-electron chi connectivity index (χ2n) is 10.1. The minimum Gasteiger partial charge on any atom is -0.453 e. The first kappa shape index (κ1) is 23.0. The monoisotopic (exact) mass is 428 g/mol. The third kappa shape index (κ3) is 4.65. The molecule has 1 aromatic carbocycles.